The van der Waals surface area contributed by atoms with E-state index in [1.807, 2.05) is 0 Å². The number of hydrogen-bond acceptors (Lipinski definition) is 2. The van der Waals surface area contributed by atoms with Crippen LogP contribution in [0.3, 0.4) is 0 Å². The molecule has 0 bridgehead atoms. The van der Waals surface area contributed by atoms with Crippen molar-refractivity contribution < 1.29 is 9.47 Å². The van der Waals surface area contributed by atoms with Gasteiger partial charge in [-0.1, -0.05) is 35.7 Å². The molecule has 1 saturated heterocycles. The summed E-state index contributed by atoms with van der Waals surface area (Å²) in [5.41, 5.74) is 0. The lowest BCUT2D eigenvalue weighted by molar-refractivity contribution is -0.152. The maximum atomic E-state index is 5.78. The summed E-state index contributed by atoms with van der Waals surface area (Å²) in [5.74, 6) is -0.325. The summed E-state index contributed by atoms with van der Waals surface area (Å²) in [7, 11) is 0. The summed E-state index contributed by atoms with van der Waals surface area (Å²) in [5, 5.41) is 0.786. The fourth-order valence-electron chi connectivity index (χ4n) is 1.62. The van der Waals surface area contributed by atoms with Crippen LogP contribution in [-0.4, -0.2) is 23.8 Å². The van der Waals surface area contributed by atoms with Gasteiger partial charge in [0.05, 0.1) is 18.0 Å². The summed E-state index contributed by atoms with van der Waals surface area (Å²) >= 11 is 3.46. The molecule has 0 aromatic carbocycles. The first kappa shape index (κ1) is 11.5. The Morgan fingerprint density at radius 2 is 2.23 bits per heavy atom. The van der Waals surface area contributed by atoms with Crippen LogP contribution in [-0.2, 0) is 9.47 Å². The second-order valence-corrected chi connectivity index (χ2v) is 4.30. The molecule has 1 fully saturated rings. The maximum Gasteiger partial charge on any atom is 0.178 e. The Morgan fingerprint density at radius 3 is 2.69 bits per heavy atom. The Balaban J connectivity index is 2.32. The number of ether oxygens (including phenoxy) is 2. The first-order valence-corrected chi connectivity index (χ1v) is 6.22. The van der Waals surface area contributed by atoms with E-state index in [0.717, 1.165) is 18.4 Å². The highest BCUT2D eigenvalue weighted by atomic mass is 79.9. The van der Waals surface area contributed by atoms with Crippen LogP contribution >= 0.6 is 15.9 Å². The van der Waals surface area contributed by atoms with Crippen LogP contribution in [0.1, 0.15) is 39.5 Å². The van der Waals surface area contributed by atoms with Crippen LogP contribution < -0.4 is 0 Å². The van der Waals surface area contributed by atoms with Gasteiger partial charge >= 0.3 is 0 Å². The highest BCUT2D eigenvalue weighted by Gasteiger charge is 2.38. The van der Waals surface area contributed by atoms with Gasteiger partial charge in [-0.2, -0.15) is 0 Å². The zero-order valence-corrected chi connectivity index (χ0v) is 10.1. The van der Waals surface area contributed by atoms with E-state index in [9.17, 15) is 0 Å². The second kappa shape index (κ2) is 5.32. The zero-order valence-electron chi connectivity index (χ0n) is 8.51. The Hall–Kier alpha value is 0.400. The van der Waals surface area contributed by atoms with Gasteiger partial charge in [-0.05, 0) is 13.3 Å². The lowest BCUT2D eigenvalue weighted by Crippen LogP contribution is -2.32. The van der Waals surface area contributed by atoms with Gasteiger partial charge in [0, 0.05) is 6.42 Å². The molecule has 13 heavy (non-hydrogen) atoms. The summed E-state index contributed by atoms with van der Waals surface area (Å²) in [6.07, 6.45) is 4.95. The molecule has 2 nitrogen and oxygen atoms in total. The minimum absolute atomic E-state index is 0.249. The van der Waals surface area contributed by atoms with E-state index < -0.39 is 0 Å². The van der Waals surface area contributed by atoms with E-state index in [1.165, 1.54) is 19.3 Å². The predicted octanol–water partition coefficient (Wildman–Crippen LogP) is 3.09. The molecule has 3 heteroatoms. The van der Waals surface area contributed by atoms with Crippen molar-refractivity contribution in [2.45, 2.75) is 51.4 Å². The third-order valence-corrected chi connectivity index (χ3v) is 3.22. The van der Waals surface area contributed by atoms with Gasteiger partial charge in [0.1, 0.15) is 0 Å². The number of hydrogen-bond donors (Lipinski definition) is 0. The summed E-state index contributed by atoms with van der Waals surface area (Å²) in [4.78, 5) is 0. The van der Waals surface area contributed by atoms with Crippen molar-refractivity contribution in [2.75, 3.05) is 11.9 Å². The van der Waals surface area contributed by atoms with Crippen molar-refractivity contribution in [3.05, 3.63) is 0 Å². The van der Waals surface area contributed by atoms with Gasteiger partial charge in [-0.3, -0.25) is 0 Å². The molecule has 1 heterocycles. The summed E-state index contributed by atoms with van der Waals surface area (Å²) < 4.78 is 11.5. The highest BCUT2D eigenvalue weighted by molar-refractivity contribution is 9.09. The number of halogens is 1. The van der Waals surface area contributed by atoms with Crippen LogP contribution in [0.5, 0.6) is 0 Å². The van der Waals surface area contributed by atoms with E-state index in [4.69, 9.17) is 9.47 Å². The number of unbranched alkanes of at least 4 members (excludes halogenated alkanes) is 2. The molecular weight excluding hydrogens is 232 g/mol. The monoisotopic (exact) mass is 250 g/mol. The molecule has 0 aromatic heterocycles. The summed E-state index contributed by atoms with van der Waals surface area (Å²) in [6.45, 7) is 5.00. The molecule has 1 aliphatic rings. The van der Waals surface area contributed by atoms with Gasteiger partial charge in [0.25, 0.3) is 0 Å². The van der Waals surface area contributed by atoms with E-state index in [1.54, 1.807) is 0 Å². The molecule has 0 aromatic rings. The van der Waals surface area contributed by atoms with E-state index >= 15 is 0 Å². The smallest absolute Gasteiger partial charge is 0.178 e. The molecule has 1 rings (SSSR count). The van der Waals surface area contributed by atoms with Gasteiger partial charge in [-0.15, -0.1) is 0 Å². The third kappa shape index (κ3) is 3.22. The van der Waals surface area contributed by atoms with Crippen molar-refractivity contribution in [3.8, 4) is 0 Å². The first-order valence-electron chi connectivity index (χ1n) is 5.10. The Labute approximate surface area is 89.1 Å². The van der Waals surface area contributed by atoms with Crippen LogP contribution in [0, 0.1) is 0 Å². The van der Waals surface area contributed by atoms with Crippen LogP contribution in [0.25, 0.3) is 0 Å². The van der Waals surface area contributed by atoms with Crippen molar-refractivity contribution >= 4 is 15.9 Å². The molecule has 78 valence electrons. The average Bonchev–Trinajstić information content (AvgIpc) is 2.49. The predicted molar refractivity (Wildman–Crippen MR) is 57.2 cm³/mol. The first-order chi connectivity index (χ1) is 6.22. The Bertz CT molecular complexity index is 152. The molecule has 2 atom stereocenters. The lowest BCUT2D eigenvalue weighted by Gasteiger charge is -2.25. The largest absolute Gasteiger partial charge is 0.346 e. The molecule has 0 radical (unpaired) electrons. The normalized spacial score (nSPS) is 33.9. The van der Waals surface area contributed by atoms with Gasteiger partial charge in [-0.25, -0.2) is 0 Å². The van der Waals surface area contributed by atoms with Gasteiger partial charge < -0.3 is 9.47 Å². The van der Waals surface area contributed by atoms with E-state index in [2.05, 4.69) is 29.8 Å². The zero-order chi connectivity index (χ0) is 9.73. The van der Waals surface area contributed by atoms with E-state index in [-0.39, 0.29) is 11.9 Å². The molecule has 1 unspecified atom stereocenters. The topological polar surface area (TPSA) is 18.5 Å². The van der Waals surface area contributed by atoms with Gasteiger partial charge in [0.2, 0.25) is 0 Å². The van der Waals surface area contributed by atoms with Crippen LogP contribution in [0.4, 0.5) is 0 Å². The SMILES string of the molecule is CCCCCC1(CBr)OC[C@H](C)O1. The fraction of sp³-hybridized carbons (Fsp3) is 1.00. The molecule has 0 aliphatic carbocycles. The van der Waals surface area contributed by atoms with Crippen molar-refractivity contribution in [2.24, 2.45) is 0 Å². The number of alkyl halides is 1. The minimum Gasteiger partial charge on any atom is -0.346 e. The molecule has 0 saturated carbocycles. The lowest BCUT2D eigenvalue weighted by atomic mass is 10.1. The van der Waals surface area contributed by atoms with E-state index in [0.29, 0.717) is 0 Å². The highest BCUT2D eigenvalue weighted by Crippen LogP contribution is 2.30. The molecule has 1 aliphatic heterocycles. The number of rotatable bonds is 5. The minimum atomic E-state index is -0.325. The Kier molecular flexibility index (Phi) is 4.70. The Morgan fingerprint density at radius 1 is 1.46 bits per heavy atom. The fourth-order valence-corrected chi connectivity index (χ4v) is 2.19. The molecule has 0 spiro atoms. The standard InChI is InChI=1S/C10H19BrO2/c1-3-4-5-6-10(8-11)12-7-9(2)13-10/h9H,3-8H2,1-2H3/t9-,10?/m0/s1. The molecule has 0 N–H and O–H groups in total. The third-order valence-electron chi connectivity index (χ3n) is 2.36. The van der Waals surface area contributed by atoms with Crippen LogP contribution in [0.15, 0.2) is 0 Å². The van der Waals surface area contributed by atoms with Crippen molar-refractivity contribution in [1.82, 2.24) is 0 Å². The summed E-state index contributed by atoms with van der Waals surface area (Å²) in [6, 6.07) is 0. The quantitative estimate of drug-likeness (QED) is 0.552. The van der Waals surface area contributed by atoms with Crippen molar-refractivity contribution in [1.29, 1.82) is 0 Å². The maximum absolute atomic E-state index is 5.78. The molecule has 0 amide bonds. The second-order valence-electron chi connectivity index (χ2n) is 3.74. The molecular formula is C10H19BrO2. The average molecular weight is 251 g/mol. The van der Waals surface area contributed by atoms with Gasteiger partial charge in [0.15, 0.2) is 5.79 Å². The van der Waals surface area contributed by atoms with Crippen LogP contribution in [0.2, 0.25) is 0 Å². The van der Waals surface area contributed by atoms with Crippen molar-refractivity contribution in [3.63, 3.8) is 0 Å².